The summed E-state index contributed by atoms with van der Waals surface area (Å²) >= 11 is 12.8. The number of rotatable bonds is 6. The summed E-state index contributed by atoms with van der Waals surface area (Å²) in [5, 5.41) is 11.4. The van der Waals surface area contributed by atoms with Crippen molar-refractivity contribution in [2.75, 3.05) is 58.3 Å². The molecular weight excluding hydrogens is 497 g/mol. The summed E-state index contributed by atoms with van der Waals surface area (Å²) in [6, 6.07) is 8.40. The van der Waals surface area contributed by atoms with Crippen molar-refractivity contribution in [3.8, 4) is 0 Å². The molecule has 1 unspecified atom stereocenters. The monoisotopic (exact) mass is 527 g/mol. The lowest BCUT2D eigenvalue weighted by molar-refractivity contribution is -0.131. The quantitative estimate of drug-likeness (QED) is 0.525. The fraction of sp³-hybridized carbons (Fsp3) is 0.346. The summed E-state index contributed by atoms with van der Waals surface area (Å²) in [7, 11) is 4.05. The molecule has 10 heteroatoms. The zero-order valence-corrected chi connectivity index (χ0v) is 22.0. The zero-order valence-electron chi connectivity index (χ0n) is 20.5. The minimum absolute atomic E-state index is 0.0143. The average Bonchev–Trinajstić information content (AvgIpc) is 3.26. The van der Waals surface area contributed by atoms with E-state index in [0.717, 1.165) is 28.5 Å². The molecular formula is C26H31Cl2N7O. The molecule has 1 fully saturated rings. The van der Waals surface area contributed by atoms with Gasteiger partial charge in [-0.25, -0.2) is 0 Å². The first-order chi connectivity index (χ1) is 17.4. The van der Waals surface area contributed by atoms with Gasteiger partial charge in [-0.2, -0.15) is 0 Å². The normalized spacial score (nSPS) is 21.3. The molecule has 1 aromatic carbocycles. The highest BCUT2D eigenvalue weighted by molar-refractivity contribution is 6.36. The van der Waals surface area contributed by atoms with Crippen LogP contribution >= 0.6 is 23.2 Å². The van der Waals surface area contributed by atoms with Crippen LogP contribution < -0.4 is 20.9 Å². The van der Waals surface area contributed by atoms with Crippen molar-refractivity contribution in [2.45, 2.75) is 6.17 Å². The first-order valence-corrected chi connectivity index (χ1v) is 12.8. The average molecular weight is 528 g/mol. The summed E-state index contributed by atoms with van der Waals surface area (Å²) in [5.74, 6) is 0.963. The third kappa shape index (κ3) is 4.88. The van der Waals surface area contributed by atoms with Crippen LogP contribution in [0.3, 0.4) is 0 Å². The number of fused-ring (bicyclic) bond motifs is 1. The molecule has 190 valence electrons. The second-order valence-corrected chi connectivity index (χ2v) is 10.1. The van der Waals surface area contributed by atoms with Gasteiger partial charge in [0, 0.05) is 63.9 Å². The van der Waals surface area contributed by atoms with E-state index in [-0.39, 0.29) is 18.6 Å². The van der Waals surface area contributed by atoms with E-state index in [1.807, 2.05) is 37.3 Å². The summed E-state index contributed by atoms with van der Waals surface area (Å²) in [4.78, 5) is 21.4. The number of carbonyl (C=O) groups is 1. The number of halogens is 2. The number of anilines is 1. The number of hydrogen-bond donors (Lipinski definition) is 3. The summed E-state index contributed by atoms with van der Waals surface area (Å²) in [6.45, 7) is 3.41. The largest absolute Gasteiger partial charge is 0.385 e. The van der Waals surface area contributed by atoms with Gasteiger partial charge in [-0.15, -0.1) is 0 Å². The Labute approximate surface area is 222 Å². The molecule has 3 N–H and O–H groups in total. The molecule has 0 bridgehead atoms. The highest BCUT2D eigenvalue weighted by atomic mass is 35.5. The van der Waals surface area contributed by atoms with Gasteiger partial charge in [-0.3, -0.25) is 4.79 Å². The van der Waals surface area contributed by atoms with Gasteiger partial charge in [-0.05, 0) is 24.3 Å². The van der Waals surface area contributed by atoms with Crippen molar-refractivity contribution >= 4 is 40.5 Å². The first kappa shape index (κ1) is 24.5. The Morgan fingerprint density at radius 2 is 1.86 bits per heavy atom. The molecule has 1 atom stereocenters. The summed E-state index contributed by atoms with van der Waals surface area (Å²) < 4.78 is 0. The number of benzene rings is 1. The number of carbonyl (C=O) groups excluding carboxylic acids is 1. The Kier molecular flexibility index (Phi) is 7.07. The van der Waals surface area contributed by atoms with Crippen LogP contribution in [0, 0.1) is 0 Å². The Morgan fingerprint density at radius 1 is 1.11 bits per heavy atom. The van der Waals surface area contributed by atoms with E-state index in [2.05, 4.69) is 61.0 Å². The van der Waals surface area contributed by atoms with Gasteiger partial charge in [0.25, 0.3) is 0 Å². The smallest absolute Gasteiger partial charge is 0.242 e. The summed E-state index contributed by atoms with van der Waals surface area (Å²) in [5.41, 5.74) is 4.05. The van der Waals surface area contributed by atoms with Crippen LogP contribution in [0.25, 0.3) is 5.70 Å². The molecule has 5 rings (SSSR count). The number of hydrogen-bond acceptors (Lipinski definition) is 7. The first-order valence-electron chi connectivity index (χ1n) is 12.1. The molecule has 0 aromatic heterocycles. The highest BCUT2D eigenvalue weighted by Gasteiger charge is 2.31. The number of nitrogens with one attached hydrogen (secondary N) is 3. The topological polar surface area (TPSA) is 66.1 Å². The van der Waals surface area contributed by atoms with E-state index < -0.39 is 0 Å². The number of amides is 1. The predicted molar refractivity (Wildman–Crippen MR) is 146 cm³/mol. The van der Waals surface area contributed by atoms with Gasteiger partial charge in [0.05, 0.1) is 34.5 Å². The summed E-state index contributed by atoms with van der Waals surface area (Å²) in [6.07, 6.45) is 9.94. The van der Waals surface area contributed by atoms with Crippen LogP contribution in [-0.2, 0) is 4.79 Å². The fourth-order valence-electron chi connectivity index (χ4n) is 4.78. The third-order valence-electron chi connectivity index (χ3n) is 6.74. The molecule has 0 aliphatic carbocycles. The minimum atomic E-state index is 0.0143. The van der Waals surface area contributed by atoms with Crippen LogP contribution in [0.15, 0.2) is 76.5 Å². The van der Waals surface area contributed by atoms with Crippen LogP contribution in [0.5, 0.6) is 0 Å². The number of dihydropyridines is 1. The third-order valence-corrected chi connectivity index (χ3v) is 7.34. The molecule has 36 heavy (non-hydrogen) atoms. The van der Waals surface area contributed by atoms with Gasteiger partial charge in [0.15, 0.2) is 0 Å². The number of piperazine rings is 1. The Hall–Kier alpha value is -3.23. The van der Waals surface area contributed by atoms with Crippen LogP contribution in [0.2, 0.25) is 0 Å². The van der Waals surface area contributed by atoms with Crippen molar-refractivity contribution in [3.63, 3.8) is 0 Å². The number of allylic oxidation sites excluding steroid dienone is 3. The van der Waals surface area contributed by atoms with Gasteiger partial charge in [-0.1, -0.05) is 41.4 Å². The lowest BCUT2D eigenvalue weighted by Crippen LogP contribution is -2.51. The minimum Gasteiger partial charge on any atom is -0.385 e. The Morgan fingerprint density at radius 3 is 2.56 bits per heavy atom. The van der Waals surface area contributed by atoms with Crippen molar-refractivity contribution < 1.29 is 4.79 Å². The number of nitrogens with zero attached hydrogens (tertiary/aromatic N) is 4. The van der Waals surface area contributed by atoms with Crippen molar-refractivity contribution in [2.24, 2.45) is 0 Å². The maximum atomic E-state index is 13.1. The van der Waals surface area contributed by atoms with Crippen LogP contribution in [0.4, 0.5) is 5.69 Å². The van der Waals surface area contributed by atoms with Crippen molar-refractivity contribution in [1.29, 1.82) is 0 Å². The van der Waals surface area contributed by atoms with E-state index in [4.69, 9.17) is 23.2 Å². The van der Waals surface area contributed by atoms with E-state index >= 15 is 0 Å². The molecule has 4 aliphatic heterocycles. The van der Waals surface area contributed by atoms with E-state index in [0.29, 0.717) is 42.8 Å². The van der Waals surface area contributed by atoms with Crippen molar-refractivity contribution in [1.82, 2.24) is 30.7 Å². The molecule has 4 heterocycles. The van der Waals surface area contributed by atoms with Gasteiger partial charge >= 0.3 is 0 Å². The van der Waals surface area contributed by atoms with Crippen molar-refractivity contribution in [3.05, 3.63) is 82.0 Å². The SMILES string of the molecule is CN(C)c1ccc(C2=C(NCC(=O)N3CCN(C4=C(Cl)CNC=C4Cl)CC3)N3C=CC=CC3N2)cc1. The molecule has 0 spiro atoms. The molecule has 0 radical (unpaired) electrons. The maximum absolute atomic E-state index is 13.1. The lowest BCUT2D eigenvalue weighted by atomic mass is 10.1. The van der Waals surface area contributed by atoms with E-state index in [1.165, 1.54) is 0 Å². The van der Waals surface area contributed by atoms with Gasteiger partial charge in [0.2, 0.25) is 5.91 Å². The Balaban J connectivity index is 1.25. The maximum Gasteiger partial charge on any atom is 0.242 e. The van der Waals surface area contributed by atoms with Crippen LogP contribution in [-0.4, -0.2) is 80.1 Å². The standard InChI is InChI=1S/C26H31Cl2N7O/c1-32(2)19-8-6-18(7-9-19)24-26(35-10-4-3-5-22(35)31-24)30-17-23(36)33-11-13-34(14-12-33)25-20(27)15-29-16-21(25)28/h3-10,15,22,29-31H,11-14,16-17H2,1-2H3. The van der Waals surface area contributed by atoms with Crippen LogP contribution in [0.1, 0.15) is 5.56 Å². The zero-order chi connectivity index (χ0) is 25.2. The highest BCUT2D eigenvalue weighted by Crippen LogP contribution is 2.30. The molecule has 1 saturated heterocycles. The van der Waals surface area contributed by atoms with Gasteiger partial charge < -0.3 is 35.6 Å². The van der Waals surface area contributed by atoms with E-state index in [9.17, 15) is 4.79 Å². The molecule has 8 nitrogen and oxygen atoms in total. The van der Waals surface area contributed by atoms with E-state index in [1.54, 1.807) is 6.20 Å². The molecule has 1 amide bonds. The molecule has 0 saturated carbocycles. The predicted octanol–water partition coefficient (Wildman–Crippen LogP) is 2.56. The second kappa shape index (κ2) is 10.4. The van der Waals surface area contributed by atoms with Gasteiger partial charge in [0.1, 0.15) is 12.0 Å². The second-order valence-electron chi connectivity index (χ2n) is 9.24. The Bertz CT molecular complexity index is 1160. The lowest BCUT2D eigenvalue weighted by Gasteiger charge is -2.38. The molecule has 4 aliphatic rings. The molecule has 1 aromatic rings. The fourth-order valence-corrected chi connectivity index (χ4v) is 5.44.